The summed E-state index contributed by atoms with van der Waals surface area (Å²) in [6, 6.07) is -1.23. The van der Waals surface area contributed by atoms with Crippen LogP contribution in [0.25, 0.3) is 0 Å². The van der Waals surface area contributed by atoms with Gasteiger partial charge in [0.2, 0.25) is 5.91 Å². The van der Waals surface area contributed by atoms with E-state index in [1.165, 1.54) is 4.90 Å². The molecule has 0 unspecified atom stereocenters. The number of carbonyl (C=O) groups excluding carboxylic acids is 2. The molecule has 0 spiro atoms. The Morgan fingerprint density at radius 3 is 1.71 bits per heavy atom. The largest absolute Gasteiger partial charge is 0.481 e. The summed E-state index contributed by atoms with van der Waals surface area (Å²) >= 11 is 0. The zero-order valence-electron chi connectivity index (χ0n) is 24.2. The van der Waals surface area contributed by atoms with E-state index in [1.54, 1.807) is 0 Å². The third kappa shape index (κ3) is 19.5. The third-order valence-corrected chi connectivity index (χ3v) is 6.51. The van der Waals surface area contributed by atoms with Crippen molar-refractivity contribution in [2.75, 3.05) is 39.3 Å². The van der Waals surface area contributed by atoms with Gasteiger partial charge in [0.05, 0.1) is 38.1 Å². The van der Waals surface area contributed by atoms with E-state index in [1.807, 2.05) is 6.92 Å². The van der Waals surface area contributed by atoms with Crippen molar-refractivity contribution < 1.29 is 59.1 Å². The fourth-order valence-corrected chi connectivity index (χ4v) is 4.50. The molecule has 0 fully saturated rings. The predicted octanol–water partition coefficient (Wildman–Crippen LogP) is 0.995. The van der Waals surface area contributed by atoms with Gasteiger partial charge in [0.25, 0.3) is 0 Å². The van der Waals surface area contributed by atoms with Crippen LogP contribution in [0.5, 0.6) is 0 Å². The van der Waals surface area contributed by atoms with E-state index in [2.05, 4.69) is 5.32 Å². The molecular weight excluding hydrogens is 558 g/mol. The molecule has 0 saturated heterocycles. The first-order chi connectivity index (χ1) is 19.8. The Labute approximate surface area is 244 Å². The highest BCUT2D eigenvalue weighted by atomic mass is 16.4. The van der Waals surface area contributed by atoms with Gasteiger partial charge in [-0.15, -0.1) is 0 Å². The van der Waals surface area contributed by atoms with E-state index in [0.717, 1.165) is 24.2 Å². The Kier molecular flexibility index (Phi) is 20.2. The fraction of sp³-hybridized carbons (Fsp3) is 0.741. The van der Waals surface area contributed by atoms with Crippen LogP contribution in [0.15, 0.2) is 0 Å². The second-order valence-electron chi connectivity index (χ2n) is 10.2. The Morgan fingerprint density at radius 2 is 1.21 bits per heavy atom. The van der Waals surface area contributed by atoms with Gasteiger partial charge in [-0.2, -0.15) is 0 Å². The molecule has 0 aliphatic heterocycles. The van der Waals surface area contributed by atoms with Gasteiger partial charge in [-0.3, -0.25) is 43.4 Å². The zero-order valence-corrected chi connectivity index (χ0v) is 24.2. The summed E-state index contributed by atoms with van der Waals surface area (Å²) in [5, 5.41) is 49.0. The van der Waals surface area contributed by atoms with Crippen molar-refractivity contribution in [1.29, 1.82) is 0 Å². The number of nitrogens with one attached hydrogen (secondary N) is 1. The number of hydrogen-bond donors (Lipinski definition) is 6. The van der Waals surface area contributed by atoms with Crippen LogP contribution in [0, 0.1) is 5.92 Å². The molecule has 0 rings (SSSR count). The van der Waals surface area contributed by atoms with Gasteiger partial charge in [0.15, 0.2) is 5.78 Å². The number of carboxylic acids is 5. The highest BCUT2D eigenvalue weighted by Gasteiger charge is 2.32. The number of Topliss-reactive ketones (excluding diaryl/α,β-unsaturated/α-hetero) is 1. The molecule has 0 heterocycles. The fourth-order valence-electron chi connectivity index (χ4n) is 4.50. The van der Waals surface area contributed by atoms with E-state index in [4.69, 9.17) is 10.2 Å². The van der Waals surface area contributed by atoms with Crippen LogP contribution in [0.3, 0.4) is 0 Å². The van der Waals surface area contributed by atoms with Gasteiger partial charge in [0, 0.05) is 19.4 Å². The normalized spacial score (nSPS) is 12.5. The lowest BCUT2D eigenvalue weighted by molar-refractivity contribution is -0.148. The molecule has 0 aliphatic carbocycles. The van der Waals surface area contributed by atoms with Crippen LogP contribution >= 0.6 is 0 Å². The van der Waals surface area contributed by atoms with Crippen molar-refractivity contribution in [3.63, 3.8) is 0 Å². The average Bonchev–Trinajstić information content (AvgIpc) is 2.86. The van der Waals surface area contributed by atoms with Crippen LogP contribution in [0.4, 0.5) is 0 Å². The summed E-state index contributed by atoms with van der Waals surface area (Å²) in [6.45, 7) is -0.166. The molecule has 1 amide bonds. The molecule has 15 heteroatoms. The quantitative estimate of drug-likeness (QED) is 0.0718. The molecule has 0 bridgehead atoms. The predicted molar refractivity (Wildman–Crippen MR) is 148 cm³/mol. The van der Waals surface area contributed by atoms with Gasteiger partial charge in [0.1, 0.15) is 0 Å². The molecule has 42 heavy (non-hydrogen) atoms. The minimum Gasteiger partial charge on any atom is -0.481 e. The van der Waals surface area contributed by atoms with Crippen molar-refractivity contribution in [3.8, 4) is 0 Å². The number of carboxylic acid groups (broad SMARTS) is 5. The second-order valence-corrected chi connectivity index (χ2v) is 10.2. The van der Waals surface area contributed by atoms with Crippen molar-refractivity contribution in [1.82, 2.24) is 15.1 Å². The second kappa shape index (κ2) is 22.1. The van der Waals surface area contributed by atoms with E-state index in [0.29, 0.717) is 25.8 Å². The number of carbonyl (C=O) groups is 7. The number of nitrogens with zero attached hydrogens (tertiary/aromatic N) is 2. The molecule has 6 N–H and O–H groups in total. The van der Waals surface area contributed by atoms with Crippen molar-refractivity contribution in [3.05, 3.63) is 0 Å². The Morgan fingerprint density at radius 1 is 0.667 bits per heavy atom. The highest BCUT2D eigenvalue weighted by Crippen LogP contribution is 2.20. The lowest BCUT2D eigenvalue weighted by Gasteiger charge is -2.29. The topological polar surface area (TPSA) is 239 Å². The monoisotopic (exact) mass is 603 g/mol. The number of amides is 1. The minimum absolute atomic E-state index is 0.0379. The van der Waals surface area contributed by atoms with Crippen molar-refractivity contribution in [2.24, 2.45) is 5.92 Å². The highest BCUT2D eigenvalue weighted by molar-refractivity contribution is 5.88. The standard InChI is InChI=1S/C27H45N3O12/c1-2-3-4-11-22(32)28-12-7-5-9-19(27(41)42)14-21(31)20(30(17-25(37)38)18-26(39)40)10-6-8-13-29(15-23(33)34)16-24(35)36/h19-20H,2-18H2,1H3,(H,28,32)(H,33,34)(H,35,36)(H,37,38)(H,39,40)(H,41,42)/t19-,20+/m1/s1. The Balaban J connectivity index is 5.31. The number of aliphatic carboxylic acids is 5. The summed E-state index contributed by atoms with van der Waals surface area (Å²) < 4.78 is 0. The maximum atomic E-state index is 13.3. The number of hydrogen-bond acceptors (Lipinski definition) is 9. The first kappa shape index (κ1) is 38.4. The maximum Gasteiger partial charge on any atom is 0.317 e. The molecule has 0 aromatic rings. The number of unbranched alkanes of at least 4 members (excludes halogenated alkanes) is 4. The molecule has 0 aromatic carbocycles. The lowest BCUT2D eigenvalue weighted by atomic mass is 9.91. The molecule has 2 atom stereocenters. The third-order valence-electron chi connectivity index (χ3n) is 6.51. The van der Waals surface area contributed by atoms with E-state index in [-0.39, 0.29) is 38.1 Å². The van der Waals surface area contributed by atoms with E-state index >= 15 is 0 Å². The average molecular weight is 604 g/mol. The summed E-state index contributed by atoms with van der Waals surface area (Å²) in [5.74, 6) is -8.27. The first-order valence-electron chi connectivity index (χ1n) is 14.1. The Hall–Kier alpha value is -3.59. The minimum atomic E-state index is -1.38. The SMILES string of the molecule is CCCCCC(=O)NCCCC[C@H](CC(=O)[C@H](CCCCN(CC(=O)O)CC(=O)O)N(CC(=O)O)CC(=O)O)C(=O)O. The van der Waals surface area contributed by atoms with Crippen LogP contribution < -0.4 is 5.32 Å². The summed E-state index contributed by atoms with van der Waals surface area (Å²) in [4.78, 5) is 83.9. The maximum absolute atomic E-state index is 13.3. The van der Waals surface area contributed by atoms with Crippen LogP contribution in [-0.2, 0) is 33.6 Å². The van der Waals surface area contributed by atoms with Gasteiger partial charge in [-0.25, -0.2) is 0 Å². The number of rotatable bonds is 27. The summed E-state index contributed by atoms with van der Waals surface area (Å²) in [5.41, 5.74) is 0. The van der Waals surface area contributed by atoms with Crippen molar-refractivity contribution in [2.45, 2.75) is 83.6 Å². The van der Waals surface area contributed by atoms with E-state index < -0.39 is 80.2 Å². The molecule has 0 saturated carbocycles. The van der Waals surface area contributed by atoms with Gasteiger partial charge >= 0.3 is 29.8 Å². The van der Waals surface area contributed by atoms with Gasteiger partial charge in [-0.1, -0.05) is 32.6 Å². The molecular formula is C27H45N3O12. The van der Waals surface area contributed by atoms with E-state index in [9.17, 15) is 48.9 Å². The summed E-state index contributed by atoms with van der Waals surface area (Å²) in [7, 11) is 0. The van der Waals surface area contributed by atoms with Crippen LogP contribution in [0.1, 0.15) is 77.6 Å². The van der Waals surface area contributed by atoms with Crippen LogP contribution in [0.2, 0.25) is 0 Å². The Bertz CT molecular complexity index is 879. The van der Waals surface area contributed by atoms with Gasteiger partial charge < -0.3 is 30.8 Å². The lowest BCUT2D eigenvalue weighted by Crippen LogP contribution is -2.47. The van der Waals surface area contributed by atoms with Crippen LogP contribution in [-0.4, -0.2) is 122 Å². The van der Waals surface area contributed by atoms with Crippen molar-refractivity contribution >= 4 is 41.5 Å². The summed E-state index contributed by atoms with van der Waals surface area (Å²) in [6.07, 6.45) is 4.10. The first-order valence-corrected chi connectivity index (χ1v) is 14.1. The molecule has 0 aliphatic rings. The molecule has 0 aromatic heterocycles. The molecule has 0 radical (unpaired) electrons. The number of ketones is 1. The molecule has 240 valence electrons. The molecule has 15 nitrogen and oxygen atoms in total. The van der Waals surface area contributed by atoms with Gasteiger partial charge in [-0.05, 0) is 38.6 Å². The zero-order chi connectivity index (χ0) is 32.1. The smallest absolute Gasteiger partial charge is 0.317 e.